The Hall–Kier alpha value is -2.71. The molecule has 0 aromatic heterocycles. The second-order valence-electron chi connectivity index (χ2n) is 6.65. The summed E-state index contributed by atoms with van der Waals surface area (Å²) in [7, 11) is -2.01. The van der Waals surface area contributed by atoms with Gasteiger partial charge in [-0.3, -0.25) is 4.79 Å². The van der Waals surface area contributed by atoms with Crippen molar-refractivity contribution in [1.82, 2.24) is 0 Å². The van der Waals surface area contributed by atoms with Crippen LogP contribution in [0.5, 0.6) is 0 Å². The lowest BCUT2D eigenvalue weighted by Crippen LogP contribution is -2.43. The van der Waals surface area contributed by atoms with Crippen LogP contribution in [0.15, 0.2) is 97.1 Å². The second-order valence-corrected chi connectivity index (χ2v) is 11.0. The van der Waals surface area contributed by atoms with Crippen molar-refractivity contribution in [3.05, 3.63) is 108 Å². The molecule has 0 N–H and O–H groups in total. The van der Waals surface area contributed by atoms with Gasteiger partial charge in [-0.15, -0.1) is 0 Å². The van der Waals surface area contributed by atoms with Gasteiger partial charge in [-0.05, 0) is 16.8 Å². The molecule has 2 heteroatoms. The minimum atomic E-state index is -2.01. The van der Waals surface area contributed by atoms with Crippen molar-refractivity contribution in [3.8, 4) is 0 Å². The van der Waals surface area contributed by atoms with Crippen LogP contribution in [0.3, 0.4) is 0 Å². The van der Waals surface area contributed by atoms with Crippen molar-refractivity contribution in [2.24, 2.45) is 0 Å². The molecule has 0 saturated carbocycles. The van der Waals surface area contributed by atoms with Crippen molar-refractivity contribution >= 4 is 24.2 Å². The highest BCUT2D eigenvalue weighted by Crippen LogP contribution is 2.26. The van der Waals surface area contributed by atoms with Crippen LogP contribution in [0.25, 0.3) is 5.20 Å². The maximum absolute atomic E-state index is 12.9. The normalized spacial score (nSPS) is 12.0. The molecule has 0 fully saturated rings. The number of hydrogen-bond acceptors (Lipinski definition) is 1. The quantitative estimate of drug-likeness (QED) is 0.358. The number of allylic oxidation sites excluding steroid dienone is 1. The largest absolute Gasteiger partial charge is 0.289 e. The van der Waals surface area contributed by atoms with Gasteiger partial charge < -0.3 is 0 Å². The molecule has 0 heterocycles. The Labute approximate surface area is 150 Å². The molecule has 0 atom stereocenters. The molecule has 0 spiro atoms. The van der Waals surface area contributed by atoms with E-state index in [0.29, 0.717) is 0 Å². The van der Waals surface area contributed by atoms with E-state index < -0.39 is 8.07 Å². The molecule has 0 radical (unpaired) electrons. The molecule has 1 nitrogen and oxygen atoms in total. The highest BCUT2D eigenvalue weighted by Gasteiger charge is 2.30. The number of ketones is 1. The summed E-state index contributed by atoms with van der Waals surface area (Å²) < 4.78 is 0. The molecule has 25 heavy (non-hydrogen) atoms. The van der Waals surface area contributed by atoms with Crippen LogP contribution in [-0.4, -0.2) is 13.9 Å². The van der Waals surface area contributed by atoms with Crippen LogP contribution in [0.2, 0.25) is 13.1 Å². The lowest BCUT2D eigenvalue weighted by atomic mass is 10.1. The summed E-state index contributed by atoms with van der Waals surface area (Å²) in [6, 6.07) is 30.3. The number of benzene rings is 3. The molecule has 0 aliphatic carbocycles. The number of rotatable bonds is 5. The Bertz CT molecular complexity index is 866. The van der Waals surface area contributed by atoms with Crippen LogP contribution in [0.4, 0.5) is 0 Å². The molecule has 0 amide bonds. The third kappa shape index (κ3) is 3.86. The predicted octanol–water partition coefficient (Wildman–Crippen LogP) is 5.11. The van der Waals surface area contributed by atoms with Crippen molar-refractivity contribution < 1.29 is 4.79 Å². The van der Waals surface area contributed by atoms with E-state index in [4.69, 9.17) is 0 Å². The van der Waals surface area contributed by atoms with E-state index in [1.54, 1.807) is 0 Å². The lowest BCUT2D eigenvalue weighted by Gasteiger charge is -2.27. The summed E-state index contributed by atoms with van der Waals surface area (Å²) in [5.74, 6) is 0.0657. The summed E-state index contributed by atoms with van der Waals surface area (Å²) in [5, 5.41) is 2.49. The molecule has 0 aliphatic heterocycles. The Morgan fingerprint density at radius 3 is 1.64 bits per heavy atom. The summed E-state index contributed by atoms with van der Waals surface area (Å²) in [4.78, 5) is 12.9. The van der Waals surface area contributed by atoms with Gasteiger partial charge >= 0.3 is 0 Å². The van der Waals surface area contributed by atoms with Crippen molar-refractivity contribution in [1.29, 1.82) is 0 Å². The van der Waals surface area contributed by atoms with Crippen LogP contribution >= 0.6 is 0 Å². The van der Waals surface area contributed by atoms with Gasteiger partial charge in [0, 0.05) is 5.56 Å². The molecule has 124 valence electrons. The maximum Gasteiger partial charge on any atom is 0.185 e. The van der Waals surface area contributed by atoms with Gasteiger partial charge in [0.1, 0.15) is 8.07 Å². The monoisotopic (exact) mass is 342 g/mol. The zero-order valence-corrected chi connectivity index (χ0v) is 15.6. The molecule has 3 aromatic rings. The van der Waals surface area contributed by atoms with E-state index in [-0.39, 0.29) is 5.78 Å². The average molecular weight is 343 g/mol. The molecule has 3 rings (SSSR count). The average Bonchev–Trinajstić information content (AvgIpc) is 2.68. The standard InChI is InChI=1S/C23H22OSi/c1-25(2,21-16-10-5-11-17-21)23(20-14-8-4-9-15-20)18-22(24)19-12-6-3-7-13-19/h3-18H,1-2H3/b23-18-. The van der Waals surface area contributed by atoms with E-state index in [1.165, 1.54) is 5.19 Å². The van der Waals surface area contributed by atoms with E-state index in [1.807, 2.05) is 60.7 Å². The van der Waals surface area contributed by atoms with E-state index >= 15 is 0 Å². The van der Waals surface area contributed by atoms with E-state index in [0.717, 1.165) is 16.3 Å². The third-order valence-corrected chi connectivity index (χ3v) is 8.14. The molecule has 3 aromatic carbocycles. The van der Waals surface area contributed by atoms with Gasteiger partial charge in [-0.25, -0.2) is 0 Å². The summed E-state index contributed by atoms with van der Waals surface area (Å²) in [6.07, 6.45) is 1.85. The fraction of sp³-hybridized carbons (Fsp3) is 0.0870. The van der Waals surface area contributed by atoms with Gasteiger partial charge in [-0.1, -0.05) is 109 Å². The predicted molar refractivity (Wildman–Crippen MR) is 109 cm³/mol. The second kappa shape index (κ2) is 7.45. The van der Waals surface area contributed by atoms with Gasteiger partial charge in [0.25, 0.3) is 0 Å². The number of carbonyl (C=O) groups excluding carboxylic acids is 1. The molecular formula is C23H22OSi. The lowest BCUT2D eigenvalue weighted by molar-refractivity contribution is 0.104. The first-order valence-corrected chi connectivity index (χ1v) is 11.5. The molecule has 0 unspecified atom stereocenters. The summed E-state index contributed by atoms with van der Waals surface area (Å²) in [6.45, 7) is 4.61. The molecular weight excluding hydrogens is 320 g/mol. The maximum atomic E-state index is 12.9. The Balaban J connectivity index is 2.11. The first kappa shape index (κ1) is 17.1. The van der Waals surface area contributed by atoms with Gasteiger partial charge in [0.2, 0.25) is 0 Å². The van der Waals surface area contributed by atoms with Crippen LogP contribution in [0, 0.1) is 0 Å². The Kier molecular flexibility index (Phi) is 5.10. The molecule has 0 saturated heterocycles. The Morgan fingerprint density at radius 1 is 0.680 bits per heavy atom. The van der Waals surface area contributed by atoms with Crippen molar-refractivity contribution in [2.75, 3.05) is 0 Å². The molecule has 0 bridgehead atoms. The number of carbonyl (C=O) groups is 1. The van der Waals surface area contributed by atoms with Crippen molar-refractivity contribution in [3.63, 3.8) is 0 Å². The SMILES string of the molecule is C[Si](C)(/C(=C\C(=O)c1ccccc1)c1ccccc1)c1ccccc1. The topological polar surface area (TPSA) is 17.1 Å². The fourth-order valence-electron chi connectivity index (χ4n) is 3.07. The Morgan fingerprint density at radius 2 is 1.12 bits per heavy atom. The number of hydrogen-bond donors (Lipinski definition) is 0. The van der Waals surface area contributed by atoms with Gasteiger partial charge in [-0.2, -0.15) is 0 Å². The first-order valence-electron chi connectivity index (χ1n) is 8.51. The molecule has 0 aliphatic rings. The van der Waals surface area contributed by atoms with Crippen molar-refractivity contribution in [2.45, 2.75) is 13.1 Å². The minimum Gasteiger partial charge on any atom is -0.289 e. The fourth-order valence-corrected chi connectivity index (χ4v) is 5.79. The summed E-state index contributed by atoms with van der Waals surface area (Å²) in [5.41, 5.74) is 1.86. The van der Waals surface area contributed by atoms with Crippen LogP contribution in [-0.2, 0) is 0 Å². The summed E-state index contributed by atoms with van der Waals surface area (Å²) >= 11 is 0. The highest BCUT2D eigenvalue weighted by atomic mass is 28.3. The van der Waals surface area contributed by atoms with Crippen LogP contribution in [0.1, 0.15) is 15.9 Å². The van der Waals surface area contributed by atoms with E-state index in [9.17, 15) is 4.79 Å². The third-order valence-electron chi connectivity index (χ3n) is 4.59. The van der Waals surface area contributed by atoms with Gasteiger partial charge in [0.15, 0.2) is 5.78 Å². The smallest absolute Gasteiger partial charge is 0.185 e. The van der Waals surface area contributed by atoms with E-state index in [2.05, 4.69) is 49.5 Å². The zero-order valence-electron chi connectivity index (χ0n) is 14.6. The zero-order chi connectivity index (χ0) is 17.7. The van der Waals surface area contributed by atoms with Gasteiger partial charge in [0.05, 0.1) is 0 Å². The first-order chi connectivity index (χ1) is 12.1. The van der Waals surface area contributed by atoms with Crippen LogP contribution < -0.4 is 5.19 Å². The minimum absolute atomic E-state index is 0.0657. The highest BCUT2D eigenvalue weighted by molar-refractivity contribution is 7.04.